The van der Waals surface area contributed by atoms with Crippen LogP contribution in [-0.2, 0) is 16.0 Å². The van der Waals surface area contributed by atoms with E-state index in [4.69, 9.17) is 0 Å². The number of likely N-dealkylation sites (tertiary alicyclic amines) is 1. The number of nitrogens with one attached hydrogen (secondary N) is 1. The van der Waals surface area contributed by atoms with Gasteiger partial charge in [0.1, 0.15) is 0 Å². The number of aromatic nitrogens is 1. The summed E-state index contributed by atoms with van der Waals surface area (Å²) in [5.74, 6) is 0.627. The lowest BCUT2D eigenvalue weighted by Gasteiger charge is -2.33. The Bertz CT molecular complexity index is 804. The second-order valence-electron chi connectivity index (χ2n) is 7.06. The molecule has 1 saturated heterocycles. The number of piperidine rings is 1. The van der Waals surface area contributed by atoms with Crippen LogP contribution < -0.4 is 5.32 Å². The zero-order valence-electron chi connectivity index (χ0n) is 16.4. The van der Waals surface area contributed by atoms with Gasteiger partial charge in [-0.05, 0) is 38.2 Å². The summed E-state index contributed by atoms with van der Waals surface area (Å²) >= 11 is 2.78. The highest BCUT2D eigenvalue weighted by Crippen LogP contribution is 2.25. The van der Waals surface area contributed by atoms with Gasteiger partial charge in [-0.25, -0.2) is 4.98 Å². The minimum absolute atomic E-state index is 0.119. The Kier molecular flexibility index (Phi) is 7.50. The molecule has 2 amide bonds. The molecule has 0 aliphatic carbocycles. The number of anilines is 1. The predicted octanol–water partition coefficient (Wildman–Crippen LogP) is 4.45. The molecule has 0 radical (unpaired) electrons. The second kappa shape index (κ2) is 10.1. The van der Waals surface area contributed by atoms with E-state index in [0.29, 0.717) is 16.9 Å². The lowest BCUT2D eigenvalue weighted by Crippen LogP contribution is -2.43. The summed E-state index contributed by atoms with van der Waals surface area (Å²) in [6, 6.07) is 8.63. The van der Waals surface area contributed by atoms with Crippen LogP contribution in [0.3, 0.4) is 0 Å². The van der Waals surface area contributed by atoms with E-state index in [2.05, 4.69) is 48.4 Å². The standard InChI is InChI=1S/C21H27N3O2S2/c1-3-16-7-9-17(10-8-16)18-12-28-21(22-18)23-19(25)13-27-14-20(26)24-11-5-4-6-15(24)2/h7-10,12,15H,3-6,11,13-14H2,1-2H3,(H,22,23,25). The van der Waals surface area contributed by atoms with Crippen LogP contribution >= 0.6 is 23.1 Å². The summed E-state index contributed by atoms with van der Waals surface area (Å²) in [7, 11) is 0. The highest BCUT2D eigenvalue weighted by molar-refractivity contribution is 8.00. The van der Waals surface area contributed by atoms with Crippen molar-refractivity contribution in [2.75, 3.05) is 23.4 Å². The van der Waals surface area contributed by atoms with Gasteiger partial charge in [0, 0.05) is 23.5 Å². The highest BCUT2D eigenvalue weighted by atomic mass is 32.2. The molecule has 2 aromatic rings. The van der Waals surface area contributed by atoms with Crippen LogP contribution in [0.15, 0.2) is 29.6 Å². The van der Waals surface area contributed by atoms with E-state index in [1.54, 1.807) is 0 Å². The summed E-state index contributed by atoms with van der Waals surface area (Å²) < 4.78 is 0. The number of rotatable bonds is 7. The van der Waals surface area contributed by atoms with Gasteiger partial charge in [-0.15, -0.1) is 23.1 Å². The number of amides is 2. The maximum Gasteiger partial charge on any atom is 0.236 e. The normalized spacial score (nSPS) is 16.8. The van der Waals surface area contributed by atoms with Gasteiger partial charge in [0.25, 0.3) is 0 Å². The maximum atomic E-state index is 12.3. The molecule has 1 aromatic carbocycles. The Hall–Kier alpha value is -1.86. The van der Waals surface area contributed by atoms with Crippen LogP contribution in [0, 0.1) is 0 Å². The minimum Gasteiger partial charge on any atom is -0.339 e. The van der Waals surface area contributed by atoms with Crippen LogP contribution in [0.25, 0.3) is 11.3 Å². The number of benzene rings is 1. The average molecular weight is 418 g/mol. The summed E-state index contributed by atoms with van der Waals surface area (Å²) in [4.78, 5) is 30.9. The molecule has 0 saturated carbocycles. The van der Waals surface area contributed by atoms with Gasteiger partial charge in [0.05, 0.1) is 17.2 Å². The minimum atomic E-state index is -0.119. The van der Waals surface area contributed by atoms with Crippen molar-refractivity contribution in [3.05, 3.63) is 35.2 Å². The van der Waals surface area contributed by atoms with Gasteiger partial charge >= 0.3 is 0 Å². The van der Waals surface area contributed by atoms with Crippen LogP contribution in [0.4, 0.5) is 5.13 Å². The lowest BCUT2D eigenvalue weighted by molar-refractivity contribution is -0.131. The van der Waals surface area contributed by atoms with Crippen molar-refractivity contribution in [3.8, 4) is 11.3 Å². The molecule has 3 rings (SSSR count). The molecule has 28 heavy (non-hydrogen) atoms. The van der Waals surface area contributed by atoms with Crippen molar-refractivity contribution < 1.29 is 9.59 Å². The van der Waals surface area contributed by atoms with Gasteiger partial charge in [0.2, 0.25) is 11.8 Å². The van der Waals surface area contributed by atoms with E-state index < -0.39 is 0 Å². The Balaban J connectivity index is 1.44. The second-order valence-corrected chi connectivity index (χ2v) is 8.90. The largest absolute Gasteiger partial charge is 0.339 e. The van der Waals surface area contributed by atoms with Crippen LogP contribution in [0.5, 0.6) is 0 Å². The number of carbonyl (C=O) groups excluding carboxylic acids is 2. The van der Waals surface area contributed by atoms with E-state index in [1.165, 1.54) is 35.1 Å². The monoisotopic (exact) mass is 417 g/mol. The topological polar surface area (TPSA) is 62.3 Å². The summed E-state index contributed by atoms with van der Waals surface area (Å²) in [6.45, 7) is 5.07. The molecular weight excluding hydrogens is 390 g/mol. The van der Waals surface area contributed by atoms with E-state index in [9.17, 15) is 9.59 Å². The Morgan fingerprint density at radius 3 is 2.75 bits per heavy atom. The van der Waals surface area contributed by atoms with Crippen LogP contribution in [0.2, 0.25) is 0 Å². The van der Waals surface area contributed by atoms with E-state index in [0.717, 1.165) is 37.1 Å². The first-order valence-corrected chi connectivity index (χ1v) is 11.8. The quantitative estimate of drug-likeness (QED) is 0.723. The predicted molar refractivity (Wildman–Crippen MR) is 118 cm³/mol. The Morgan fingerprint density at radius 1 is 1.25 bits per heavy atom. The van der Waals surface area contributed by atoms with Gasteiger partial charge < -0.3 is 10.2 Å². The summed E-state index contributed by atoms with van der Waals surface area (Å²) in [6.07, 6.45) is 4.35. The number of carbonyl (C=O) groups is 2. The fourth-order valence-corrected chi connectivity index (χ4v) is 4.75. The molecule has 1 aromatic heterocycles. The Morgan fingerprint density at radius 2 is 2.04 bits per heavy atom. The molecule has 0 bridgehead atoms. The zero-order valence-corrected chi connectivity index (χ0v) is 18.1. The zero-order chi connectivity index (χ0) is 19.9. The van der Waals surface area contributed by atoms with Crippen molar-refractivity contribution in [1.29, 1.82) is 0 Å². The number of aryl methyl sites for hydroxylation is 1. The van der Waals surface area contributed by atoms with Crippen molar-refractivity contribution >= 4 is 40.0 Å². The maximum absolute atomic E-state index is 12.3. The van der Waals surface area contributed by atoms with Crippen LogP contribution in [-0.4, -0.2) is 45.8 Å². The molecule has 1 N–H and O–H groups in total. The van der Waals surface area contributed by atoms with Crippen molar-refractivity contribution in [3.63, 3.8) is 0 Å². The number of nitrogens with zero attached hydrogens (tertiary/aromatic N) is 2. The van der Waals surface area contributed by atoms with E-state index in [1.807, 2.05) is 10.3 Å². The highest BCUT2D eigenvalue weighted by Gasteiger charge is 2.23. The first-order valence-electron chi connectivity index (χ1n) is 9.78. The van der Waals surface area contributed by atoms with Gasteiger partial charge in [-0.1, -0.05) is 31.2 Å². The third-order valence-corrected chi connectivity index (χ3v) is 6.67. The van der Waals surface area contributed by atoms with Crippen molar-refractivity contribution in [2.24, 2.45) is 0 Å². The lowest BCUT2D eigenvalue weighted by atomic mass is 10.0. The molecule has 1 aliphatic rings. The third kappa shape index (κ3) is 5.58. The molecule has 0 spiro atoms. The van der Waals surface area contributed by atoms with E-state index >= 15 is 0 Å². The molecule has 2 heterocycles. The van der Waals surface area contributed by atoms with E-state index in [-0.39, 0.29) is 17.6 Å². The van der Waals surface area contributed by atoms with Gasteiger partial charge in [0.15, 0.2) is 5.13 Å². The first kappa shape index (κ1) is 20.9. The molecule has 5 nitrogen and oxygen atoms in total. The molecule has 1 atom stereocenters. The van der Waals surface area contributed by atoms with Crippen molar-refractivity contribution in [1.82, 2.24) is 9.88 Å². The fraction of sp³-hybridized carbons (Fsp3) is 0.476. The van der Waals surface area contributed by atoms with Crippen LogP contribution in [0.1, 0.15) is 38.7 Å². The van der Waals surface area contributed by atoms with Crippen molar-refractivity contribution in [2.45, 2.75) is 45.6 Å². The fourth-order valence-electron chi connectivity index (χ4n) is 3.31. The molecule has 1 aliphatic heterocycles. The summed E-state index contributed by atoms with van der Waals surface area (Å²) in [5, 5.41) is 5.38. The summed E-state index contributed by atoms with van der Waals surface area (Å²) in [5.41, 5.74) is 3.20. The molecular formula is C21H27N3O2S2. The molecule has 1 unspecified atom stereocenters. The number of hydrogen-bond donors (Lipinski definition) is 1. The number of thioether (sulfide) groups is 1. The number of thiazole rings is 1. The third-order valence-electron chi connectivity index (χ3n) is 4.99. The molecule has 1 fully saturated rings. The molecule has 7 heteroatoms. The average Bonchev–Trinajstić information content (AvgIpc) is 3.16. The molecule has 150 valence electrons. The van der Waals surface area contributed by atoms with Gasteiger partial charge in [-0.2, -0.15) is 0 Å². The number of hydrogen-bond acceptors (Lipinski definition) is 5. The SMILES string of the molecule is CCc1ccc(-c2csc(NC(=O)CSCC(=O)N3CCCCC3C)n2)cc1. The smallest absolute Gasteiger partial charge is 0.236 e. The Labute approximate surface area is 174 Å². The van der Waals surface area contributed by atoms with Gasteiger partial charge in [-0.3, -0.25) is 9.59 Å². The first-order chi connectivity index (χ1) is 13.6.